The van der Waals surface area contributed by atoms with E-state index in [0.717, 1.165) is 54.9 Å². The number of benzene rings is 1. The largest absolute Gasteiger partial charge is 0.489 e. The molecule has 1 fully saturated rings. The molecule has 2 N–H and O–H groups in total. The van der Waals surface area contributed by atoms with Crippen LogP contribution in [0.5, 0.6) is 11.6 Å². The number of nitrogens with zero attached hydrogens (tertiary/aromatic N) is 4. The molecule has 7 nitrogen and oxygen atoms in total. The number of hydrogen-bond donors (Lipinski definition) is 1. The summed E-state index contributed by atoms with van der Waals surface area (Å²) in [6.07, 6.45) is 8.83. The maximum absolute atomic E-state index is 6.05. The number of likely N-dealkylation sites (N-methyl/N-ethyl adjacent to an activating group) is 1. The Morgan fingerprint density at radius 3 is 2.87 bits per heavy atom. The summed E-state index contributed by atoms with van der Waals surface area (Å²) >= 11 is 0. The Kier molecular flexibility index (Phi) is 5.19. The zero-order valence-corrected chi connectivity index (χ0v) is 18.0. The highest BCUT2D eigenvalue weighted by Crippen LogP contribution is 2.30. The van der Waals surface area contributed by atoms with Crippen LogP contribution in [0, 0.1) is 6.92 Å². The Hall–Kier alpha value is -3.19. The lowest BCUT2D eigenvalue weighted by Crippen LogP contribution is -2.27. The normalized spacial score (nSPS) is 16.1. The summed E-state index contributed by atoms with van der Waals surface area (Å²) in [6.45, 7) is 4.50. The number of fused-ring (bicyclic) bond motifs is 1. The van der Waals surface area contributed by atoms with Crippen LogP contribution in [0.25, 0.3) is 11.3 Å². The Morgan fingerprint density at radius 2 is 2.03 bits per heavy atom. The van der Waals surface area contributed by atoms with E-state index < -0.39 is 0 Å². The van der Waals surface area contributed by atoms with Crippen LogP contribution in [0.1, 0.15) is 35.1 Å². The number of anilines is 1. The predicted molar refractivity (Wildman–Crippen MR) is 119 cm³/mol. The van der Waals surface area contributed by atoms with Crippen molar-refractivity contribution in [1.29, 1.82) is 0 Å². The zero-order chi connectivity index (χ0) is 21.4. The molecule has 3 heterocycles. The topological polar surface area (TPSA) is 86.4 Å². The van der Waals surface area contributed by atoms with Gasteiger partial charge < -0.3 is 20.1 Å². The van der Waals surface area contributed by atoms with Gasteiger partial charge in [0.25, 0.3) is 5.88 Å². The maximum atomic E-state index is 6.05. The Morgan fingerprint density at radius 1 is 1.16 bits per heavy atom. The highest BCUT2D eigenvalue weighted by atomic mass is 16.5. The molecule has 5 rings (SSSR count). The van der Waals surface area contributed by atoms with E-state index in [2.05, 4.69) is 46.0 Å². The predicted octanol–water partition coefficient (Wildman–Crippen LogP) is 3.54. The molecular weight excluding hydrogens is 390 g/mol. The molecule has 2 aromatic heterocycles. The van der Waals surface area contributed by atoms with E-state index in [1.54, 1.807) is 18.6 Å². The molecule has 7 heteroatoms. The molecule has 0 bridgehead atoms. The number of nitrogens with two attached hydrogens (primary N) is 1. The third kappa shape index (κ3) is 4.46. The van der Waals surface area contributed by atoms with Crippen molar-refractivity contribution < 1.29 is 9.47 Å². The molecule has 0 amide bonds. The number of rotatable bonds is 6. The van der Waals surface area contributed by atoms with E-state index >= 15 is 0 Å². The van der Waals surface area contributed by atoms with E-state index in [9.17, 15) is 0 Å². The summed E-state index contributed by atoms with van der Waals surface area (Å²) in [5, 5.41) is 0. The first-order valence-electron chi connectivity index (χ1n) is 10.7. The monoisotopic (exact) mass is 417 g/mol. The summed E-state index contributed by atoms with van der Waals surface area (Å²) in [5.41, 5.74) is 12.8. The van der Waals surface area contributed by atoms with Gasteiger partial charge in [0.2, 0.25) is 0 Å². The molecule has 1 aliphatic heterocycles. The van der Waals surface area contributed by atoms with Gasteiger partial charge in [-0.15, -0.1) is 0 Å². The highest BCUT2D eigenvalue weighted by Gasteiger charge is 2.23. The quantitative estimate of drug-likeness (QED) is 0.656. The van der Waals surface area contributed by atoms with Crippen molar-refractivity contribution in [3.05, 3.63) is 59.0 Å². The number of pyridine rings is 1. The van der Waals surface area contributed by atoms with E-state index in [1.165, 1.54) is 16.7 Å². The van der Waals surface area contributed by atoms with Crippen molar-refractivity contribution in [3.8, 4) is 22.9 Å². The lowest BCUT2D eigenvalue weighted by atomic mass is 9.92. The van der Waals surface area contributed by atoms with Crippen molar-refractivity contribution in [3.63, 3.8) is 0 Å². The summed E-state index contributed by atoms with van der Waals surface area (Å²) < 4.78 is 11.7. The molecule has 160 valence electrons. The molecule has 0 radical (unpaired) electrons. The van der Waals surface area contributed by atoms with E-state index in [1.807, 2.05) is 6.07 Å². The van der Waals surface area contributed by atoms with Crippen LogP contribution in [-0.2, 0) is 19.6 Å². The van der Waals surface area contributed by atoms with Gasteiger partial charge in [-0.05, 0) is 68.1 Å². The number of hydrogen-bond acceptors (Lipinski definition) is 7. The average Bonchev–Trinajstić information content (AvgIpc) is 3.57. The van der Waals surface area contributed by atoms with Crippen molar-refractivity contribution in [1.82, 2.24) is 19.9 Å². The summed E-state index contributed by atoms with van der Waals surface area (Å²) in [4.78, 5) is 15.6. The van der Waals surface area contributed by atoms with Crippen LogP contribution in [0.2, 0.25) is 0 Å². The fourth-order valence-electron chi connectivity index (χ4n) is 3.97. The van der Waals surface area contributed by atoms with Crippen molar-refractivity contribution >= 4 is 5.82 Å². The SMILES string of the molecule is Cc1cc(-c2cnc(N)c(OCc3cncc(OC4CC4)c3)n2)cc2c1CCN(C)C2. The number of nitrogen functional groups attached to an aromatic ring is 1. The second kappa shape index (κ2) is 8.15. The second-order valence-electron chi connectivity index (χ2n) is 8.50. The van der Waals surface area contributed by atoms with Gasteiger partial charge in [0.1, 0.15) is 12.4 Å². The first-order chi connectivity index (χ1) is 15.0. The fourth-order valence-corrected chi connectivity index (χ4v) is 3.97. The molecule has 2 aliphatic rings. The Labute approximate surface area is 182 Å². The second-order valence-corrected chi connectivity index (χ2v) is 8.50. The van der Waals surface area contributed by atoms with Gasteiger partial charge >= 0.3 is 0 Å². The van der Waals surface area contributed by atoms with E-state index in [0.29, 0.717) is 18.6 Å². The van der Waals surface area contributed by atoms with Crippen molar-refractivity contribution in [2.45, 2.75) is 45.4 Å². The Bertz CT molecular complexity index is 1110. The third-order valence-corrected chi connectivity index (χ3v) is 5.78. The van der Waals surface area contributed by atoms with Gasteiger partial charge in [-0.3, -0.25) is 4.98 Å². The van der Waals surface area contributed by atoms with Gasteiger partial charge in [-0.2, -0.15) is 0 Å². The summed E-state index contributed by atoms with van der Waals surface area (Å²) in [7, 11) is 2.15. The molecule has 0 atom stereocenters. The molecule has 1 aliphatic carbocycles. The van der Waals surface area contributed by atoms with Crippen LogP contribution in [-0.4, -0.2) is 39.5 Å². The molecule has 1 saturated carbocycles. The van der Waals surface area contributed by atoms with E-state index in [-0.39, 0.29) is 5.82 Å². The number of aromatic nitrogens is 3. The third-order valence-electron chi connectivity index (χ3n) is 5.78. The molecule has 3 aromatic rings. The van der Waals surface area contributed by atoms with Gasteiger partial charge in [-0.1, -0.05) is 0 Å². The van der Waals surface area contributed by atoms with Gasteiger partial charge in [0, 0.05) is 30.4 Å². The van der Waals surface area contributed by atoms with Crippen LogP contribution in [0.15, 0.2) is 36.8 Å². The van der Waals surface area contributed by atoms with Crippen LogP contribution in [0.3, 0.4) is 0 Å². The zero-order valence-electron chi connectivity index (χ0n) is 18.0. The Balaban J connectivity index is 1.36. The number of ether oxygens (including phenoxy) is 2. The minimum absolute atomic E-state index is 0.275. The first kappa shape index (κ1) is 19.8. The number of aryl methyl sites for hydroxylation is 1. The van der Waals surface area contributed by atoms with E-state index in [4.69, 9.17) is 15.2 Å². The highest BCUT2D eigenvalue weighted by molar-refractivity contribution is 5.64. The van der Waals surface area contributed by atoms with Gasteiger partial charge in [0.05, 0.1) is 24.2 Å². The standard InChI is InChI=1S/C24H27N5O2/c1-15-7-17(9-18-13-29(2)6-5-21(15)18)22-12-27-23(25)24(28-22)30-14-16-8-20(11-26-10-16)31-19-3-4-19/h7-12,19H,3-6,13-14H2,1-2H3,(H2,25,27). The van der Waals surface area contributed by atoms with Crippen LogP contribution < -0.4 is 15.2 Å². The lowest BCUT2D eigenvalue weighted by molar-refractivity contribution is 0.287. The summed E-state index contributed by atoms with van der Waals surface area (Å²) in [6, 6.07) is 6.34. The fraction of sp³-hybridized carbons (Fsp3) is 0.375. The molecule has 1 aromatic carbocycles. The minimum atomic E-state index is 0.275. The minimum Gasteiger partial charge on any atom is -0.489 e. The van der Waals surface area contributed by atoms with Crippen LogP contribution >= 0.6 is 0 Å². The van der Waals surface area contributed by atoms with Crippen molar-refractivity contribution in [2.24, 2.45) is 0 Å². The van der Waals surface area contributed by atoms with Gasteiger partial charge in [0.15, 0.2) is 5.82 Å². The molecule has 0 unspecified atom stereocenters. The summed E-state index contributed by atoms with van der Waals surface area (Å²) in [5.74, 6) is 1.38. The first-order valence-corrected chi connectivity index (χ1v) is 10.7. The molecule has 0 saturated heterocycles. The lowest BCUT2D eigenvalue weighted by Gasteiger charge is -2.27. The average molecular weight is 418 g/mol. The molecule has 0 spiro atoms. The molecular formula is C24H27N5O2. The van der Waals surface area contributed by atoms with Crippen molar-refractivity contribution in [2.75, 3.05) is 19.3 Å². The smallest absolute Gasteiger partial charge is 0.258 e. The maximum Gasteiger partial charge on any atom is 0.258 e. The molecule has 31 heavy (non-hydrogen) atoms. The van der Waals surface area contributed by atoms with Crippen LogP contribution in [0.4, 0.5) is 5.82 Å². The van der Waals surface area contributed by atoms with Gasteiger partial charge in [-0.25, -0.2) is 9.97 Å².